The molecular weight excluding hydrogens is 178 g/mol. The summed E-state index contributed by atoms with van der Waals surface area (Å²) < 4.78 is 5.40. The van der Waals surface area contributed by atoms with E-state index in [9.17, 15) is 4.79 Å². The normalized spacial score (nSPS) is 29.5. The molecule has 0 bridgehead atoms. The van der Waals surface area contributed by atoms with E-state index in [1.54, 1.807) is 0 Å². The van der Waals surface area contributed by atoms with E-state index in [0.29, 0.717) is 0 Å². The largest absolute Gasteiger partial charge is 0.368 e. The van der Waals surface area contributed by atoms with Gasteiger partial charge in [-0.1, -0.05) is 6.92 Å². The molecule has 0 aromatic rings. The number of likely N-dealkylation sites (tertiary alicyclic amines) is 1. The van der Waals surface area contributed by atoms with E-state index in [4.69, 9.17) is 4.74 Å². The number of rotatable bonds is 1. The summed E-state index contributed by atoms with van der Waals surface area (Å²) in [5.74, 6) is 1.01. The Morgan fingerprint density at radius 2 is 2.00 bits per heavy atom. The molecule has 0 aliphatic carbocycles. The SMILES string of the molecule is CC1CCN(C(=O)[C@H]2CCCO2)CC1. The second-order valence-electron chi connectivity index (χ2n) is 4.51. The summed E-state index contributed by atoms with van der Waals surface area (Å²) in [5.41, 5.74) is 0. The Bertz CT molecular complexity index is 203. The highest BCUT2D eigenvalue weighted by Crippen LogP contribution is 2.20. The average molecular weight is 197 g/mol. The molecule has 1 amide bonds. The maximum atomic E-state index is 11.9. The van der Waals surface area contributed by atoms with Gasteiger partial charge >= 0.3 is 0 Å². The molecule has 0 unspecified atom stereocenters. The quantitative estimate of drug-likeness (QED) is 0.636. The van der Waals surface area contributed by atoms with Gasteiger partial charge in [0, 0.05) is 19.7 Å². The van der Waals surface area contributed by atoms with Crippen LogP contribution in [0, 0.1) is 5.92 Å². The number of carbonyl (C=O) groups excluding carboxylic acids is 1. The fourth-order valence-corrected chi connectivity index (χ4v) is 2.21. The van der Waals surface area contributed by atoms with E-state index in [1.165, 1.54) is 0 Å². The van der Waals surface area contributed by atoms with Gasteiger partial charge in [0.05, 0.1) is 0 Å². The van der Waals surface area contributed by atoms with Crippen LogP contribution in [0.15, 0.2) is 0 Å². The Morgan fingerprint density at radius 3 is 2.57 bits per heavy atom. The molecule has 1 atom stereocenters. The minimum absolute atomic E-state index is 0.122. The lowest BCUT2D eigenvalue weighted by atomic mass is 9.99. The first-order chi connectivity index (χ1) is 6.77. The fraction of sp³-hybridized carbons (Fsp3) is 0.909. The van der Waals surface area contributed by atoms with Crippen molar-refractivity contribution in [1.29, 1.82) is 0 Å². The van der Waals surface area contributed by atoms with Crippen molar-refractivity contribution in [3.8, 4) is 0 Å². The van der Waals surface area contributed by atoms with Crippen molar-refractivity contribution < 1.29 is 9.53 Å². The van der Waals surface area contributed by atoms with Crippen LogP contribution >= 0.6 is 0 Å². The van der Waals surface area contributed by atoms with E-state index in [-0.39, 0.29) is 12.0 Å². The molecule has 3 nitrogen and oxygen atoms in total. The predicted octanol–water partition coefficient (Wildman–Crippen LogP) is 1.42. The van der Waals surface area contributed by atoms with Gasteiger partial charge in [-0.15, -0.1) is 0 Å². The zero-order valence-corrected chi connectivity index (χ0v) is 8.87. The second kappa shape index (κ2) is 4.30. The van der Waals surface area contributed by atoms with Crippen LogP contribution in [0.4, 0.5) is 0 Å². The second-order valence-corrected chi connectivity index (χ2v) is 4.51. The first-order valence-electron chi connectivity index (χ1n) is 5.68. The summed E-state index contributed by atoms with van der Waals surface area (Å²) in [7, 11) is 0. The standard InChI is InChI=1S/C11H19NO2/c1-9-4-6-12(7-5-9)11(13)10-3-2-8-14-10/h9-10H,2-8H2,1H3/t10-/m1/s1. The van der Waals surface area contributed by atoms with Gasteiger partial charge in [0.1, 0.15) is 6.10 Å². The first-order valence-corrected chi connectivity index (χ1v) is 5.68. The summed E-state index contributed by atoms with van der Waals surface area (Å²) >= 11 is 0. The van der Waals surface area contributed by atoms with E-state index in [2.05, 4.69) is 6.92 Å². The molecule has 0 aromatic carbocycles. The molecule has 3 heteroatoms. The Labute approximate surface area is 85.4 Å². The molecule has 2 rings (SSSR count). The number of amides is 1. The van der Waals surface area contributed by atoms with Crippen LogP contribution in [-0.2, 0) is 9.53 Å². The lowest BCUT2D eigenvalue weighted by Crippen LogP contribution is -2.43. The highest BCUT2D eigenvalue weighted by atomic mass is 16.5. The smallest absolute Gasteiger partial charge is 0.251 e. The maximum absolute atomic E-state index is 11.9. The molecule has 0 N–H and O–H groups in total. The first kappa shape index (κ1) is 9.97. The molecule has 2 fully saturated rings. The van der Waals surface area contributed by atoms with Crippen LogP contribution in [0.5, 0.6) is 0 Å². The van der Waals surface area contributed by atoms with Crippen molar-refractivity contribution in [2.24, 2.45) is 5.92 Å². The Balaban J connectivity index is 1.85. The van der Waals surface area contributed by atoms with Crippen molar-refractivity contribution in [2.75, 3.05) is 19.7 Å². The van der Waals surface area contributed by atoms with Crippen molar-refractivity contribution >= 4 is 5.91 Å². The highest BCUT2D eigenvalue weighted by molar-refractivity contribution is 5.81. The number of hydrogen-bond acceptors (Lipinski definition) is 2. The summed E-state index contributed by atoms with van der Waals surface area (Å²) in [5, 5.41) is 0. The van der Waals surface area contributed by atoms with Crippen molar-refractivity contribution in [1.82, 2.24) is 4.90 Å². The van der Waals surface area contributed by atoms with Gasteiger partial charge in [-0.2, -0.15) is 0 Å². The van der Waals surface area contributed by atoms with E-state index in [1.807, 2.05) is 4.90 Å². The Morgan fingerprint density at radius 1 is 1.29 bits per heavy atom. The van der Waals surface area contributed by atoms with Gasteiger partial charge in [-0.25, -0.2) is 0 Å². The van der Waals surface area contributed by atoms with Gasteiger partial charge in [0.25, 0.3) is 5.91 Å². The van der Waals surface area contributed by atoms with E-state index in [0.717, 1.165) is 51.3 Å². The molecule has 0 spiro atoms. The lowest BCUT2D eigenvalue weighted by Gasteiger charge is -2.31. The third kappa shape index (κ3) is 2.08. The van der Waals surface area contributed by atoms with Crippen LogP contribution in [0.1, 0.15) is 32.6 Å². The van der Waals surface area contributed by atoms with Gasteiger partial charge < -0.3 is 9.64 Å². The van der Waals surface area contributed by atoms with Crippen LogP contribution < -0.4 is 0 Å². The minimum atomic E-state index is -0.122. The zero-order chi connectivity index (χ0) is 9.97. The summed E-state index contributed by atoms with van der Waals surface area (Å²) in [6, 6.07) is 0. The van der Waals surface area contributed by atoms with Crippen LogP contribution in [0.3, 0.4) is 0 Å². The number of hydrogen-bond donors (Lipinski definition) is 0. The molecule has 2 saturated heterocycles. The maximum Gasteiger partial charge on any atom is 0.251 e. The molecule has 0 radical (unpaired) electrons. The number of ether oxygens (including phenoxy) is 1. The molecular formula is C11H19NO2. The van der Waals surface area contributed by atoms with E-state index < -0.39 is 0 Å². The topological polar surface area (TPSA) is 29.5 Å². The highest BCUT2D eigenvalue weighted by Gasteiger charge is 2.29. The Kier molecular flexibility index (Phi) is 3.06. The van der Waals surface area contributed by atoms with Crippen LogP contribution in [0.2, 0.25) is 0 Å². The fourth-order valence-electron chi connectivity index (χ4n) is 2.21. The monoisotopic (exact) mass is 197 g/mol. The minimum Gasteiger partial charge on any atom is -0.368 e. The van der Waals surface area contributed by atoms with E-state index >= 15 is 0 Å². The third-order valence-corrected chi connectivity index (χ3v) is 3.30. The van der Waals surface area contributed by atoms with Gasteiger partial charge in [-0.3, -0.25) is 4.79 Å². The third-order valence-electron chi connectivity index (χ3n) is 3.30. The number of piperidine rings is 1. The molecule has 2 aliphatic rings. The van der Waals surface area contributed by atoms with Gasteiger partial charge in [-0.05, 0) is 31.6 Å². The molecule has 0 aromatic heterocycles. The summed E-state index contributed by atoms with van der Waals surface area (Å²) in [6.45, 7) is 4.88. The summed E-state index contributed by atoms with van der Waals surface area (Å²) in [4.78, 5) is 13.9. The number of nitrogens with zero attached hydrogens (tertiary/aromatic N) is 1. The predicted molar refractivity (Wildman–Crippen MR) is 54.0 cm³/mol. The molecule has 80 valence electrons. The Hall–Kier alpha value is -0.570. The van der Waals surface area contributed by atoms with Crippen LogP contribution in [0.25, 0.3) is 0 Å². The van der Waals surface area contributed by atoms with Crippen molar-refractivity contribution in [3.05, 3.63) is 0 Å². The summed E-state index contributed by atoms with van der Waals surface area (Å²) in [6.07, 6.45) is 4.14. The molecule has 2 aliphatic heterocycles. The zero-order valence-electron chi connectivity index (χ0n) is 8.87. The van der Waals surface area contributed by atoms with Crippen LogP contribution in [-0.4, -0.2) is 36.6 Å². The van der Waals surface area contributed by atoms with Gasteiger partial charge in [0.2, 0.25) is 0 Å². The molecule has 14 heavy (non-hydrogen) atoms. The molecule has 0 saturated carbocycles. The number of carbonyl (C=O) groups is 1. The molecule has 2 heterocycles. The van der Waals surface area contributed by atoms with Crippen molar-refractivity contribution in [2.45, 2.75) is 38.7 Å². The van der Waals surface area contributed by atoms with Gasteiger partial charge in [0.15, 0.2) is 0 Å². The lowest BCUT2D eigenvalue weighted by molar-refractivity contribution is -0.142. The van der Waals surface area contributed by atoms with Crippen molar-refractivity contribution in [3.63, 3.8) is 0 Å². The average Bonchev–Trinajstić information content (AvgIpc) is 2.71.